The smallest absolute Gasteiger partial charge is 0.166 e. The number of hydrogen-bond acceptors (Lipinski definition) is 3. The van der Waals surface area contributed by atoms with Crippen LogP contribution < -0.4 is 0 Å². The van der Waals surface area contributed by atoms with Gasteiger partial charge in [0, 0.05) is 54.7 Å². The van der Waals surface area contributed by atoms with Crippen LogP contribution in [-0.4, -0.2) is 28.7 Å². The maximum atomic E-state index is 5.39. The van der Waals surface area contributed by atoms with Gasteiger partial charge in [-0.1, -0.05) is 176 Å². The van der Waals surface area contributed by atoms with Crippen LogP contribution in [0, 0.1) is 0 Å². The Morgan fingerprint density at radius 1 is 0.357 bits per heavy atom. The fourth-order valence-electron chi connectivity index (χ4n) is 10.9. The van der Waals surface area contributed by atoms with E-state index in [9.17, 15) is 0 Å². The van der Waals surface area contributed by atoms with Crippen LogP contribution in [0.5, 0.6) is 0 Å². The van der Waals surface area contributed by atoms with Crippen LogP contribution in [0.15, 0.2) is 243 Å². The molecule has 0 bridgehead atoms. The van der Waals surface area contributed by atoms with Gasteiger partial charge < -0.3 is 13.7 Å². The molecule has 0 spiro atoms. The third kappa shape index (κ3) is 6.24. The van der Waals surface area contributed by atoms with E-state index in [1.54, 1.807) is 0 Å². The fraction of sp³-hybridized carbons (Fsp3) is 0.0156. The molecule has 13 aromatic rings. The molecule has 1 aliphatic rings. The van der Waals surface area contributed by atoms with Gasteiger partial charge in [-0.3, -0.25) is 0 Å². The van der Waals surface area contributed by atoms with Crippen LogP contribution in [0.1, 0.15) is 12.2 Å². The summed E-state index contributed by atoms with van der Waals surface area (Å²) in [5.41, 5.74) is 15.0. The van der Waals surface area contributed by atoms with E-state index in [-0.39, 0.29) is 0 Å². The lowest BCUT2D eigenvalue weighted by Crippen LogP contribution is -2.08. The Kier molecular flexibility index (Phi) is 9.17. The van der Waals surface area contributed by atoms with Gasteiger partial charge >= 0.3 is 0 Å². The van der Waals surface area contributed by atoms with Crippen molar-refractivity contribution in [3.63, 3.8) is 0 Å². The average Bonchev–Trinajstić information content (AvgIpc) is 3.96. The highest BCUT2D eigenvalue weighted by Crippen LogP contribution is 2.45. The Morgan fingerprint density at radius 3 is 1.66 bits per heavy atom. The molecule has 0 aliphatic heterocycles. The minimum Gasteiger partial charge on any atom is -0.309 e. The van der Waals surface area contributed by atoms with Gasteiger partial charge in [-0.2, -0.15) is 0 Å². The molecule has 0 fully saturated rings. The van der Waals surface area contributed by atoms with Crippen molar-refractivity contribution in [3.8, 4) is 51.0 Å². The monoisotopic (exact) mass is 894 g/mol. The van der Waals surface area contributed by atoms with Crippen LogP contribution in [-0.2, 0) is 0 Å². The quantitative estimate of drug-likeness (QED) is 0.160. The van der Waals surface area contributed by atoms with E-state index in [1.165, 1.54) is 48.9 Å². The number of benzene rings is 9. The van der Waals surface area contributed by atoms with Crippen molar-refractivity contribution in [1.29, 1.82) is 0 Å². The molecule has 9 aromatic carbocycles. The molecule has 4 aromatic heterocycles. The molecule has 6 heteroatoms. The van der Waals surface area contributed by atoms with E-state index in [2.05, 4.69) is 238 Å². The van der Waals surface area contributed by atoms with Gasteiger partial charge in [0.2, 0.25) is 0 Å². The van der Waals surface area contributed by atoms with E-state index in [4.69, 9.17) is 15.0 Å². The first-order valence-electron chi connectivity index (χ1n) is 23.9. The molecule has 1 aliphatic carbocycles. The summed E-state index contributed by atoms with van der Waals surface area (Å²) in [6.45, 7) is 0. The van der Waals surface area contributed by atoms with Gasteiger partial charge in [-0.15, -0.1) is 0 Å². The molecule has 0 atom stereocenters. The van der Waals surface area contributed by atoms with Crippen molar-refractivity contribution in [2.75, 3.05) is 0 Å². The van der Waals surface area contributed by atoms with Crippen molar-refractivity contribution in [1.82, 2.24) is 28.7 Å². The van der Waals surface area contributed by atoms with E-state index >= 15 is 0 Å². The molecular formula is C64H42N6. The van der Waals surface area contributed by atoms with Crippen molar-refractivity contribution < 1.29 is 0 Å². The molecule has 328 valence electrons. The number of para-hydroxylation sites is 6. The Bertz CT molecular complexity index is 4260. The Balaban J connectivity index is 1.07. The number of allylic oxidation sites excluding steroid dienone is 6. The van der Waals surface area contributed by atoms with Crippen LogP contribution in [0.25, 0.3) is 122 Å². The molecule has 4 heterocycles. The van der Waals surface area contributed by atoms with Gasteiger partial charge in [0.15, 0.2) is 17.5 Å². The topological polar surface area (TPSA) is 53.5 Å². The molecular weight excluding hydrogens is 853 g/mol. The summed E-state index contributed by atoms with van der Waals surface area (Å²) in [6.07, 6.45) is 11.4. The van der Waals surface area contributed by atoms with E-state index < -0.39 is 0 Å². The Morgan fingerprint density at radius 2 is 0.914 bits per heavy atom. The Hall–Kier alpha value is -9.39. The molecule has 0 radical (unpaired) electrons. The van der Waals surface area contributed by atoms with E-state index in [0.29, 0.717) is 17.5 Å². The second-order valence-electron chi connectivity index (χ2n) is 17.9. The number of fused-ring (bicyclic) bond motifs is 9. The Labute approximate surface area is 403 Å². The summed E-state index contributed by atoms with van der Waals surface area (Å²) in [5, 5.41) is 7.16. The summed E-state index contributed by atoms with van der Waals surface area (Å²) in [5.74, 6) is 1.83. The molecule has 14 rings (SSSR count). The highest BCUT2D eigenvalue weighted by Gasteiger charge is 2.26. The minimum atomic E-state index is 0.592. The number of rotatable bonds is 7. The summed E-state index contributed by atoms with van der Waals surface area (Å²) in [7, 11) is 0. The minimum absolute atomic E-state index is 0.592. The van der Waals surface area contributed by atoms with Crippen molar-refractivity contribution in [3.05, 3.63) is 249 Å². The first-order valence-corrected chi connectivity index (χ1v) is 23.9. The van der Waals surface area contributed by atoms with E-state index in [0.717, 1.165) is 67.8 Å². The maximum Gasteiger partial charge on any atom is 0.166 e. The van der Waals surface area contributed by atoms with Crippen LogP contribution in [0.2, 0.25) is 0 Å². The molecule has 0 N–H and O–H groups in total. The largest absolute Gasteiger partial charge is 0.309 e. The fourth-order valence-corrected chi connectivity index (χ4v) is 10.9. The van der Waals surface area contributed by atoms with Crippen LogP contribution >= 0.6 is 0 Å². The first kappa shape index (κ1) is 39.7. The number of nitrogens with zero attached hydrogens (tertiary/aromatic N) is 6. The van der Waals surface area contributed by atoms with Crippen LogP contribution in [0.3, 0.4) is 0 Å². The summed E-state index contributed by atoms with van der Waals surface area (Å²) < 4.78 is 7.26. The zero-order valence-electron chi connectivity index (χ0n) is 38.0. The summed E-state index contributed by atoms with van der Waals surface area (Å²) >= 11 is 0. The number of aromatic nitrogens is 6. The highest BCUT2D eigenvalue weighted by molar-refractivity contribution is 6.18. The third-order valence-electron chi connectivity index (χ3n) is 13.9. The second kappa shape index (κ2) is 16.1. The lowest BCUT2D eigenvalue weighted by Gasteiger charge is -2.20. The molecule has 0 saturated carbocycles. The SMILES string of the molecule is C1=CCC=CC(c2nc(-c3ccccc3)nc(-c3cccc(-n4c5ccccc5c5c(-c6ccc7c(c6)c6ccccc6n7-c6ccccc6)cccc54)c3-n3c4ccccc4c4ccccc43)n2)=C1. The van der Waals surface area contributed by atoms with Gasteiger partial charge in [-0.25, -0.2) is 15.0 Å². The summed E-state index contributed by atoms with van der Waals surface area (Å²) in [4.78, 5) is 15.9. The standard InChI is InChI=1S/C64H42N6/c1-2-6-22-42(21-5-1)62-65-63(43-23-7-3-8-24-43)67-64(66-62)51-32-20-38-59(61(51)70-54-34-16-11-27-47(54)48-28-12-17-35-55(48)70)69-56-36-18-14-30-50(56)60-46(31-19-37-58(60)69)44-39-40-57-52(41-44)49-29-13-15-33-53(49)68(57)45-25-9-4-10-26-45/h1,3-41H,2H2. The highest BCUT2D eigenvalue weighted by atomic mass is 15.1. The molecule has 0 amide bonds. The molecule has 6 nitrogen and oxygen atoms in total. The second-order valence-corrected chi connectivity index (χ2v) is 17.9. The summed E-state index contributed by atoms with van der Waals surface area (Å²) in [6, 6.07) is 76.2. The molecule has 0 unspecified atom stereocenters. The zero-order valence-corrected chi connectivity index (χ0v) is 38.0. The normalized spacial score (nSPS) is 12.8. The van der Waals surface area contributed by atoms with Crippen LogP contribution in [0.4, 0.5) is 0 Å². The third-order valence-corrected chi connectivity index (χ3v) is 13.9. The molecule has 70 heavy (non-hydrogen) atoms. The van der Waals surface area contributed by atoms with Gasteiger partial charge in [0.1, 0.15) is 0 Å². The lowest BCUT2D eigenvalue weighted by atomic mass is 9.98. The first-order chi connectivity index (χ1) is 34.8. The molecule has 0 saturated heterocycles. The maximum absolute atomic E-state index is 5.39. The van der Waals surface area contributed by atoms with E-state index in [1.807, 2.05) is 18.2 Å². The predicted octanol–water partition coefficient (Wildman–Crippen LogP) is 16.1. The van der Waals surface area contributed by atoms with Gasteiger partial charge in [0.25, 0.3) is 0 Å². The van der Waals surface area contributed by atoms with Crippen molar-refractivity contribution in [2.45, 2.75) is 6.42 Å². The lowest BCUT2D eigenvalue weighted by molar-refractivity contribution is 1.02. The zero-order chi connectivity index (χ0) is 46.1. The number of hydrogen-bond donors (Lipinski definition) is 0. The average molecular weight is 895 g/mol. The van der Waals surface area contributed by atoms with Gasteiger partial charge in [0.05, 0.1) is 44.5 Å². The predicted molar refractivity (Wildman–Crippen MR) is 290 cm³/mol. The van der Waals surface area contributed by atoms with Crippen molar-refractivity contribution >= 4 is 71.0 Å². The van der Waals surface area contributed by atoms with Gasteiger partial charge in [-0.05, 0) is 84.3 Å². The van der Waals surface area contributed by atoms with Crippen molar-refractivity contribution in [2.24, 2.45) is 0 Å².